The van der Waals surface area contributed by atoms with E-state index in [4.69, 9.17) is 10.00 Å². The van der Waals surface area contributed by atoms with Gasteiger partial charge in [0.05, 0.1) is 18.3 Å². The Labute approximate surface area is 140 Å². The Morgan fingerprint density at radius 2 is 2.33 bits per heavy atom. The van der Waals surface area contributed by atoms with E-state index in [1.807, 2.05) is 24.2 Å². The lowest BCUT2D eigenvalue weighted by Gasteiger charge is -2.16. The Kier molecular flexibility index (Phi) is 4.75. The van der Waals surface area contributed by atoms with Gasteiger partial charge in [-0.25, -0.2) is 4.98 Å². The van der Waals surface area contributed by atoms with Crippen molar-refractivity contribution in [2.24, 2.45) is 7.05 Å². The minimum Gasteiger partial charge on any atom is -0.472 e. The van der Waals surface area contributed by atoms with Crippen molar-refractivity contribution in [3.8, 4) is 11.9 Å². The second-order valence-corrected chi connectivity index (χ2v) is 5.89. The first-order valence-corrected chi connectivity index (χ1v) is 7.92. The molecule has 1 saturated heterocycles. The number of ether oxygens (including phenoxy) is 1. The monoisotopic (exact) mass is 325 g/mol. The smallest absolute Gasteiger partial charge is 0.223 e. The van der Waals surface area contributed by atoms with Crippen molar-refractivity contribution in [1.82, 2.24) is 19.7 Å². The lowest BCUT2D eigenvalue weighted by Crippen LogP contribution is -2.31. The molecule has 3 heterocycles. The van der Waals surface area contributed by atoms with Gasteiger partial charge < -0.3 is 9.64 Å². The number of pyridine rings is 1. The van der Waals surface area contributed by atoms with Crippen LogP contribution in [0, 0.1) is 11.3 Å². The van der Waals surface area contributed by atoms with Gasteiger partial charge in [-0.2, -0.15) is 10.4 Å². The molecule has 0 spiro atoms. The van der Waals surface area contributed by atoms with E-state index in [0.717, 1.165) is 12.0 Å². The highest BCUT2D eigenvalue weighted by molar-refractivity contribution is 5.76. The normalized spacial score (nSPS) is 16.8. The third-order valence-electron chi connectivity index (χ3n) is 4.04. The summed E-state index contributed by atoms with van der Waals surface area (Å²) in [5.41, 5.74) is 1.57. The molecule has 0 aliphatic carbocycles. The van der Waals surface area contributed by atoms with Gasteiger partial charge in [0.25, 0.3) is 0 Å². The minimum absolute atomic E-state index is 0.0484. The Hall–Kier alpha value is -2.88. The van der Waals surface area contributed by atoms with Crippen LogP contribution in [0.4, 0.5) is 0 Å². The zero-order valence-electron chi connectivity index (χ0n) is 13.6. The molecule has 1 amide bonds. The summed E-state index contributed by atoms with van der Waals surface area (Å²) in [7, 11) is 1.87. The van der Waals surface area contributed by atoms with Crippen LogP contribution < -0.4 is 4.74 Å². The lowest BCUT2D eigenvalue weighted by atomic mass is 10.2. The second kappa shape index (κ2) is 7.13. The van der Waals surface area contributed by atoms with Gasteiger partial charge in [-0.05, 0) is 18.1 Å². The van der Waals surface area contributed by atoms with Crippen LogP contribution in [0.5, 0.6) is 5.88 Å². The lowest BCUT2D eigenvalue weighted by molar-refractivity contribution is -0.130. The summed E-state index contributed by atoms with van der Waals surface area (Å²) in [6.45, 7) is 1.28. The highest BCUT2D eigenvalue weighted by Gasteiger charge is 2.27. The predicted octanol–water partition coefficient (Wildman–Crippen LogP) is 1.30. The number of nitrogens with zero attached hydrogens (tertiary/aromatic N) is 5. The maximum atomic E-state index is 12.3. The number of carbonyl (C=O) groups is 1. The van der Waals surface area contributed by atoms with Crippen molar-refractivity contribution in [2.45, 2.75) is 25.4 Å². The van der Waals surface area contributed by atoms with E-state index < -0.39 is 0 Å². The number of carbonyl (C=O) groups excluding carboxylic acids is 1. The molecule has 1 fully saturated rings. The molecule has 1 unspecified atom stereocenters. The molecule has 0 N–H and O–H groups in total. The molecule has 0 aromatic carbocycles. The molecule has 1 atom stereocenters. The fraction of sp³-hybridized carbons (Fsp3) is 0.412. The summed E-state index contributed by atoms with van der Waals surface area (Å²) < 4.78 is 7.53. The molecule has 1 aliphatic rings. The molecular weight excluding hydrogens is 306 g/mol. The maximum absolute atomic E-state index is 12.3. The van der Waals surface area contributed by atoms with Crippen LogP contribution in [-0.2, 0) is 18.3 Å². The molecule has 124 valence electrons. The van der Waals surface area contributed by atoms with E-state index in [1.54, 1.807) is 23.0 Å². The number of amides is 1. The number of hydrogen-bond donors (Lipinski definition) is 0. The van der Waals surface area contributed by atoms with Crippen LogP contribution in [0.3, 0.4) is 0 Å². The van der Waals surface area contributed by atoms with E-state index in [-0.39, 0.29) is 12.0 Å². The van der Waals surface area contributed by atoms with Crippen molar-refractivity contribution in [1.29, 1.82) is 5.26 Å². The van der Waals surface area contributed by atoms with Crippen LogP contribution >= 0.6 is 0 Å². The summed E-state index contributed by atoms with van der Waals surface area (Å²) in [4.78, 5) is 18.2. The van der Waals surface area contributed by atoms with E-state index in [2.05, 4.69) is 10.1 Å². The van der Waals surface area contributed by atoms with Gasteiger partial charge in [-0.3, -0.25) is 9.48 Å². The summed E-state index contributed by atoms with van der Waals surface area (Å²) in [5, 5.41) is 12.9. The zero-order chi connectivity index (χ0) is 16.9. The third-order valence-corrected chi connectivity index (χ3v) is 4.04. The SMILES string of the molecule is Cn1cc(CCC(=O)N2CCC(Oc3ccc(C#N)cn3)C2)cn1. The number of likely N-dealkylation sites (tertiary alicyclic amines) is 1. The van der Waals surface area contributed by atoms with Crippen LogP contribution in [0.1, 0.15) is 24.0 Å². The van der Waals surface area contributed by atoms with Crippen molar-refractivity contribution >= 4 is 5.91 Å². The van der Waals surface area contributed by atoms with Crippen molar-refractivity contribution in [3.63, 3.8) is 0 Å². The van der Waals surface area contributed by atoms with Crippen molar-refractivity contribution < 1.29 is 9.53 Å². The summed E-state index contributed by atoms with van der Waals surface area (Å²) in [6, 6.07) is 5.38. The van der Waals surface area contributed by atoms with Gasteiger partial charge >= 0.3 is 0 Å². The Morgan fingerprint density at radius 1 is 1.46 bits per heavy atom. The first-order valence-electron chi connectivity index (χ1n) is 7.92. The predicted molar refractivity (Wildman–Crippen MR) is 86.1 cm³/mol. The zero-order valence-corrected chi connectivity index (χ0v) is 13.6. The van der Waals surface area contributed by atoms with Crippen molar-refractivity contribution in [2.75, 3.05) is 13.1 Å². The van der Waals surface area contributed by atoms with Crippen LogP contribution in [0.15, 0.2) is 30.7 Å². The van der Waals surface area contributed by atoms with E-state index in [0.29, 0.717) is 37.4 Å². The first kappa shape index (κ1) is 16.0. The van der Waals surface area contributed by atoms with Gasteiger partial charge in [0.15, 0.2) is 0 Å². The molecule has 7 nitrogen and oxygen atoms in total. The van der Waals surface area contributed by atoms with Crippen LogP contribution in [-0.4, -0.2) is 44.8 Å². The van der Waals surface area contributed by atoms with Crippen molar-refractivity contribution in [3.05, 3.63) is 41.9 Å². The van der Waals surface area contributed by atoms with Gasteiger partial charge in [0, 0.05) is 44.9 Å². The maximum Gasteiger partial charge on any atom is 0.223 e. The standard InChI is InChI=1S/C17H19N5O2/c1-21-11-14(10-20-21)3-5-17(23)22-7-6-15(12-22)24-16-4-2-13(8-18)9-19-16/h2,4,9-11,15H,3,5-7,12H2,1H3. The molecule has 0 radical (unpaired) electrons. The van der Waals surface area contributed by atoms with E-state index >= 15 is 0 Å². The fourth-order valence-corrected chi connectivity index (χ4v) is 2.75. The molecule has 1 aliphatic heterocycles. The first-order chi connectivity index (χ1) is 11.6. The number of aryl methyl sites for hydroxylation is 2. The second-order valence-electron chi connectivity index (χ2n) is 5.89. The minimum atomic E-state index is -0.0484. The Balaban J connectivity index is 1.47. The average Bonchev–Trinajstić information content (AvgIpc) is 3.22. The highest BCUT2D eigenvalue weighted by Crippen LogP contribution is 2.18. The molecule has 2 aromatic rings. The number of nitriles is 1. The third kappa shape index (κ3) is 3.90. The highest BCUT2D eigenvalue weighted by atomic mass is 16.5. The molecule has 0 bridgehead atoms. The largest absolute Gasteiger partial charge is 0.472 e. The van der Waals surface area contributed by atoms with Gasteiger partial charge in [-0.1, -0.05) is 0 Å². The Morgan fingerprint density at radius 3 is 3.00 bits per heavy atom. The summed E-state index contributed by atoms with van der Waals surface area (Å²) >= 11 is 0. The molecular formula is C17H19N5O2. The van der Waals surface area contributed by atoms with Gasteiger partial charge in [0.2, 0.25) is 11.8 Å². The quantitative estimate of drug-likeness (QED) is 0.827. The number of rotatable bonds is 5. The number of hydrogen-bond acceptors (Lipinski definition) is 5. The van der Waals surface area contributed by atoms with Crippen LogP contribution in [0.2, 0.25) is 0 Å². The van der Waals surface area contributed by atoms with Gasteiger partial charge in [-0.15, -0.1) is 0 Å². The molecule has 3 rings (SSSR count). The Bertz CT molecular complexity index is 747. The molecule has 7 heteroatoms. The summed E-state index contributed by atoms with van der Waals surface area (Å²) in [6.07, 6.45) is 7.13. The topological polar surface area (TPSA) is 84.0 Å². The van der Waals surface area contributed by atoms with E-state index in [9.17, 15) is 4.79 Å². The fourth-order valence-electron chi connectivity index (χ4n) is 2.75. The molecule has 0 saturated carbocycles. The van der Waals surface area contributed by atoms with Gasteiger partial charge in [0.1, 0.15) is 12.2 Å². The van der Waals surface area contributed by atoms with E-state index in [1.165, 1.54) is 6.20 Å². The van der Waals surface area contributed by atoms with Crippen LogP contribution in [0.25, 0.3) is 0 Å². The summed E-state index contributed by atoms with van der Waals surface area (Å²) in [5.74, 6) is 0.626. The average molecular weight is 325 g/mol. The molecule has 2 aromatic heterocycles. The molecule has 24 heavy (non-hydrogen) atoms. The number of aromatic nitrogens is 3.